The lowest BCUT2D eigenvalue weighted by molar-refractivity contribution is 0.367. The Morgan fingerprint density at radius 2 is 1.84 bits per heavy atom. The van der Waals surface area contributed by atoms with E-state index in [-0.39, 0.29) is 6.04 Å². The van der Waals surface area contributed by atoms with Gasteiger partial charge in [-0.05, 0) is 42.4 Å². The molecule has 1 N–H and O–H groups in total. The first-order chi connectivity index (χ1) is 12.0. The zero-order valence-electron chi connectivity index (χ0n) is 15.2. The van der Waals surface area contributed by atoms with Gasteiger partial charge in [0.1, 0.15) is 0 Å². The molecule has 0 fully saturated rings. The van der Waals surface area contributed by atoms with Crippen molar-refractivity contribution in [2.75, 3.05) is 26.0 Å². The summed E-state index contributed by atoms with van der Waals surface area (Å²) in [7, 11) is 5.94. The average Bonchev–Trinajstić information content (AvgIpc) is 3.06. The highest BCUT2D eigenvalue weighted by atomic mass is 32.1. The Kier molecular flexibility index (Phi) is 5.04. The Labute approximate surface area is 155 Å². The number of thiocarbonyl (C=S) groups is 1. The highest BCUT2D eigenvalue weighted by Crippen LogP contribution is 2.34. The molecular weight excluding hydrogens is 328 g/mol. The van der Waals surface area contributed by atoms with Crippen LogP contribution in [-0.4, -0.2) is 37.0 Å². The van der Waals surface area contributed by atoms with Crippen LogP contribution in [0.2, 0.25) is 0 Å². The molecule has 130 valence electrons. The first-order valence-corrected chi connectivity index (χ1v) is 8.84. The highest BCUT2D eigenvalue weighted by molar-refractivity contribution is 7.80. The third-order valence-corrected chi connectivity index (χ3v) is 4.97. The second kappa shape index (κ2) is 7.23. The molecule has 5 heteroatoms. The third kappa shape index (κ3) is 3.51. The minimum absolute atomic E-state index is 0.116. The van der Waals surface area contributed by atoms with E-state index in [1.807, 2.05) is 26.2 Å². The molecule has 0 saturated heterocycles. The molecule has 1 aliphatic rings. The molecule has 1 heterocycles. The summed E-state index contributed by atoms with van der Waals surface area (Å²) in [6.07, 6.45) is 0.841. The third-order valence-electron chi connectivity index (χ3n) is 4.58. The molecule has 0 spiro atoms. The SMILES string of the molecule is CNC(=S)N1N=C(c2ccccc2C)C[C@H]1c1ccc(N(C)C)cc1. The fourth-order valence-corrected chi connectivity index (χ4v) is 3.29. The Balaban J connectivity index is 1.94. The predicted octanol–water partition coefficient (Wildman–Crippen LogP) is 3.72. The maximum absolute atomic E-state index is 5.49. The monoisotopic (exact) mass is 352 g/mol. The molecule has 0 bridgehead atoms. The fraction of sp³-hybridized carbons (Fsp3) is 0.300. The number of nitrogens with zero attached hydrogens (tertiary/aromatic N) is 3. The van der Waals surface area contributed by atoms with Gasteiger partial charge in [0, 0.05) is 38.8 Å². The Morgan fingerprint density at radius 3 is 2.44 bits per heavy atom. The van der Waals surface area contributed by atoms with E-state index in [1.54, 1.807) is 0 Å². The van der Waals surface area contributed by atoms with Crippen LogP contribution in [0.5, 0.6) is 0 Å². The van der Waals surface area contributed by atoms with E-state index in [4.69, 9.17) is 17.3 Å². The minimum Gasteiger partial charge on any atom is -0.378 e. The molecule has 4 nitrogen and oxygen atoms in total. The van der Waals surface area contributed by atoms with Crippen molar-refractivity contribution in [2.24, 2.45) is 5.10 Å². The fourth-order valence-electron chi connectivity index (χ4n) is 3.13. The van der Waals surface area contributed by atoms with E-state index >= 15 is 0 Å². The van der Waals surface area contributed by atoms with E-state index < -0.39 is 0 Å². The number of anilines is 1. The summed E-state index contributed by atoms with van der Waals surface area (Å²) in [6, 6.07) is 17.1. The van der Waals surface area contributed by atoms with E-state index in [2.05, 4.69) is 65.7 Å². The van der Waals surface area contributed by atoms with Crippen molar-refractivity contribution in [1.82, 2.24) is 10.3 Å². The second-order valence-corrected chi connectivity index (χ2v) is 6.85. The van der Waals surface area contributed by atoms with Crippen LogP contribution in [0.1, 0.15) is 29.2 Å². The normalized spacial score (nSPS) is 16.6. The smallest absolute Gasteiger partial charge is 0.189 e. The summed E-state index contributed by atoms with van der Waals surface area (Å²) in [6.45, 7) is 2.12. The van der Waals surface area contributed by atoms with Crippen molar-refractivity contribution in [3.8, 4) is 0 Å². The quantitative estimate of drug-likeness (QED) is 0.853. The van der Waals surface area contributed by atoms with Crippen molar-refractivity contribution in [3.63, 3.8) is 0 Å². The topological polar surface area (TPSA) is 30.9 Å². The number of hydrazone groups is 1. The Hall–Kier alpha value is -2.40. The first kappa shape index (κ1) is 17.4. The highest BCUT2D eigenvalue weighted by Gasteiger charge is 2.31. The van der Waals surface area contributed by atoms with Crippen molar-refractivity contribution < 1.29 is 0 Å². The molecule has 0 radical (unpaired) electrons. The van der Waals surface area contributed by atoms with Gasteiger partial charge in [0.15, 0.2) is 5.11 Å². The van der Waals surface area contributed by atoms with Crippen LogP contribution in [0.25, 0.3) is 0 Å². The van der Waals surface area contributed by atoms with E-state index in [1.165, 1.54) is 22.4 Å². The van der Waals surface area contributed by atoms with Gasteiger partial charge >= 0.3 is 0 Å². The minimum atomic E-state index is 0.116. The van der Waals surface area contributed by atoms with Crippen LogP contribution < -0.4 is 10.2 Å². The summed E-state index contributed by atoms with van der Waals surface area (Å²) < 4.78 is 0. The number of aryl methyl sites for hydroxylation is 1. The lowest BCUT2D eigenvalue weighted by atomic mass is 9.96. The van der Waals surface area contributed by atoms with Crippen LogP contribution in [-0.2, 0) is 0 Å². The van der Waals surface area contributed by atoms with Gasteiger partial charge in [-0.2, -0.15) is 5.10 Å². The molecule has 1 atom stereocenters. The number of benzene rings is 2. The largest absolute Gasteiger partial charge is 0.378 e. The van der Waals surface area contributed by atoms with Crippen LogP contribution in [0.3, 0.4) is 0 Å². The summed E-state index contributed by atoms with van der Waals surface area (Å²) in [5.74, 6) is 0. The Bertz CT molecular complexity index is 796. The second-order valence-electron chi connectivity index (χ2n) is 6.47. The molecule has 0 saturated carbocycles. The zero-order chi connectivity index (χ0) is 18.0. The molecule has 0 aliphatic carbocycles. The van der Waals surface area contributed by atoms with E-state index in [0.717, 1.165) is 12.1 Å². The standard InChI is InChI=1S/C20H24N4S/c1-14-7-5-6-8-17(14)18-13-19(24(22-18)20(25)21-2)15-9-11-16(12-10-15)23(3)4/h5-12,19H,13H2,1-4H3,(H,21,25)/t19-/m0/s1. The van der Waals surface area contributed by atoms with Gasteiger partial charge in [-0.1, -0.05) is 36.4 Å². The maximum Gasteiger partial charge on any atom is 0.189 e. The summed E-state index contributed by atoms with van der Waals surface area (Å²) >= 11 is 5.49. The molecule has 2 aromatic carbocycles. The van der Waals surface area contributed by atoms with Crippen LogP contribution in [0, 0.1) is 6.92 Å². The maximum atomic E-state index is 5.49. The molecule has 3 rings (SSSR count). The van der Waals surface area contributed by atoms with Crippen molar-refractivity contribution in [2.45, 2.75) is 19.4 Å². The lowest BCUT2D eigenvalue weighted by Crippen LogP contribution is -2.34. The first-order valence-electron chi connectivity index (χ1n) is 8.43. The molecule has 1 aliphatic heterocycles. The number of hydrogen-bond donors (Lipinski definition) is 1. The van der Waals surface area contributed by atoms with Crippen LogP contribution in [0.4, 0.5) is 5.69 Å². The van der Waals surface area contributed by atoms with Gasteiger partial charge < -0.3 is 10.2 Å². The Morgan fingerprint density at radius 1 is 1.16 bits per heavy atom. The molecule has 25 heavy (non-hydrogen) atoms. The summed E-state index contributed by atoms with van der Waals surface area (Å²) in [5.41, 5.74) is 5.91. The van der Waals surface area contributed by atoms with Gasteiger partial charge in [0.25, 0.3) is 0 Å². The average molecular weight is 353 g/mol. The van der Waals surface area contributed by atoms with Gasteiger partial charge in [0.05, 0.1) is 11.8 Å². The number of rotatable bonds is 3. The van der Waals surface area contributed by atoms with Gasteiger partial charge in [-0.15, -0.1) is 0 Å². The predicted molar refractivity (Wildman–Crippen MR) is 109 cm³/mol. The molecular formula is C20H24N4S. The number of hydrogen-bond acceptors (Lipinski definition) is 3. The van der Waals surface area contributed by atoms with Crippen LogP contribution >= 0.6 is 12.2 Å². The zero-order valence-corrected chi connectivity index (χ0v) is 16.0. The number of nitrogens with one attached hydrogen (secondary N) is 1. The van der Waals surface area contributed by atoms with Crippen molar-refractivity contribution in [3.05, 3.63) is 65.2 Å². The molecule has 0 amide bonds. The molecule has 2 aromatic rings. The lowest BCUT2D eigenvalue weighted by Gasteiger charge is -2.24. The van der Waals surface area contributed by atoms with Gasteiger partial charge in [-0.3, -0.25) is 0 Å². The van der Waals surface area contributed by atoms with Crippen molar-refractivity contribution in [1.29, 1.82) is 0 Å². The summed E-state index contributed by atoms with van der Waals surface area (Å²) in [5, 5.41) is 10.5. The van der Waals surface area contributed by atoms with Crippen molar-refractivity contribution >= 4 is 28.7 Å². The molecule has 0 unspecified atom stereocenters. The van der Waals surface area contributed by atoms with Gasteiger partial charge in [-0.25, -0.2) is 5.01 Å². The van der Waals surface area contributed by atoms with E-state index in [0.29, 0.717) is 5.11 Å². The molecule has 0 aromatic heterocycles. The van der Waals surface area contributed by atoms with Crippen LogP contribution in [0.15, 0.2) is 53.6 Å². The van der Waals surface area contributed by atoms with Gasteiger partial charge in [0.2, 0.25) is 0 Å². The van der Waals surface area contributed by atoms with E-state index in [9.17, 15) is 0 Å². The summed E-state index contributed by atoms with van der Waals surface area (Å²) in [4.78, 5) is 2.10.